The summed E-state index contributed by atoms with van der Waals surface area (Å²) in [5.74, 6) is 5.12. The number of nitrogens with one attached hydrogen (secondary N) is 2. The number of pyridine rings is 1. The molecular formula is C12H13ClN4OS. The Morgan fingerprint density at radius 1 is 1.47 bits per heavy atom. The zero-order valence-electron chi connectivity index (χ0n) is 10.2. The van der Waals surface area contributed by atoms with Crippen LogP contribution in [0.15, 0.2) is 30.6 Å². The van der Waals surface area contributed by atoms with Crippen molar-refractivity contribution in [2.24, 2.45) is 5.84 Å². The topological polar surface area (TPSA) is 80.0 Å². The Bertz CT molecular complexity index is 587. The fourth-order valence-electron chi connectivity index (χ4n) is 1.61. The number of anilines is 1. The third-order valence-electron chi connectivity index (χ3n) is 2.59. The highest BCUT2D eigenvalue weighted by Crippen LogP contribution is 2.27. The molecule has 0 saturated carbocycles. The van der Waals surface area contributed by atoms with Crippen LogP contribution in [0.25, 0.3) is 0 Å². The number of rotatable bonds is 4. The minimum atomic E-state index is -0.238. The number of nitrogens with zero attached hydrogens (tertiary/aromatic N) is 1. The molecule has 0 aliphatic carbocycles. The molecule has 0 aliphatic rings. The summed E-state index contributed by atoms with van der Waals surface area (Å²) in [6.07, 6.45) is 3.03. The maximum Gasteiger partial charge on any atom is 0.255 e. The van der Waals surface area contributed by atoms with Crippen molar-refractivity contribution in [2.75, 3.05) is 5.43 Å². The van der Waals surface area contributed by atoms with Crippen LogP contribution in [0.3, 0.4) is 0 Å². The van der Waals surface area contributed by atoms with E-state index >= 15 is 0 Å². The summed E-state index contributed by atoms with van der Waals surface area (Å²) in [7, 11) is 0. The number of carbonyl (C=O) groups is 1. The molecule has 2 aromatic heterocycles. The van der Waals surface area contributed by atoms with E-state index in [1.54, 1.807) is 18.3 Å². The van der Waals surface area contributed by atoms with Crippen LogP contribution in [0, 0.1) is 0 Å². The van der Waals surface area contributed by atoms with Crippen LogP contribution in [-0.4, -0.2) is 10.9 Å². The van der Waals surface area contributed by atoms with Crippen LogP contribution in [-0.2, 0) is 0 Å². The van der Waals surface area contributed by atoms with E-state index in [-0.39, 0.29) is 11.9 Å². The Morgan fingerprint density at radius 3 is 2.89 bits per heavy atom. The number of carbonyl (C=O) groups excluding carboxylic acids is 1. The van der Waals surface area contributed by atoms with E-state index in [9.17, 15) is 4.79 Å². The molecule has 0 bridgehead atoms. The molecule has 0 aromatic carbocycles. The smallest absolute Gasteiger partial charge is 0.255 e. The summed E-state index contributed by atoms with van der Waals surface area (Å²) < 4.78 is 0.696. The summed E-state index contributed by atoms with van der Waals surface area (Å²) in [4.78, 5) is 17.1. The van der Waals surface area contributed by atoms with E-state index in [4.69, 9.17) is 17.4 Å². The first-order valence-electron chi connectivity index (χ1n) is 5.58. The van der Waals surface area contributed by atoms with Crippen molar-refractivity contribution in [1.29, 1.82) is 0 Å². The van der Waals surface area contributed by atoms with Crippen molar-refractivity contribution in [2.45, 2.75) is 13.0 Å². The zero-order chi connectivity index (χ0) is 13.8. The van der Waals surface area contributed by atoms with E-state index in [0.717, 1.165) is 4.88 Å². The predicted molar refractivity (Wildman–Crippen MR) is 77.3 cm³/mol. The van der Waals surface area contributed by atoms with Crippen molar-refractivity contribution in [3.05, 3.63) is 45.4 Å². The van der Waals surface area contributed by atoms with Crippen LogP contribution in [0.1, 0.15) is 28.2 Å². The molecule has 1 unspecified atom stereocenters. The van der Waals surface area contributed by atoms with Gasteiger partial charge in [0, 0.05) is 17.3 Å². The Hall–Kier alpha value is -1.63. The van der Waals surface area contributed by atoms with Gasteiger partial charge in [-0.15, -0.1) is 11.3 Å². The molecule has 7 heteroatoms. The summed E-state index contributed by atoms with van der Waals surface area (Å²) >= 11 is 7.31. The van der Waals surface area contributed by atoms with Crippen LogP contribution in [0.2, 0.25) is 4.34 Å². The number of hydrogen-bond donors (Lipinski definition) is 3. The van der Waals surface area contributed by atoms with E-state index in [1.807, 2.05) is 13.0 Å². The maximum atomic E-state index is 12.1. The Labute approximate surface area is 119 Å². The molecule has 19 heavy (non-hydrogen) atoms. The van der Waals surface area contributed by atoms with Crippen molar-refractivity contribution in [3.8, 4) is 0 Å². The normalized spacial score (nSPS) is 11.9. The lowest BCUT2D eigenvalue weighted by atomic mass is 10.2. The Kier molecular flexibility index (Phi) is 4.36. The molecule has 0 radical (unpaired) electrons. The number of halogens is 1. The van der Waals surface area contributed by atoms with Gasteiger partial charge in [-0.05, 0) is 25.1 Å². The molecule has 100 valence electrons. The van der Waals surface area contributed by atoms with Gasteiger partial charge in [-0.2, -0.15) is 0 Å². The molecule has 0 aliphatic heterocycles. The predicted octanol–water partition coefficient (Wildman–Crippen LogP) is 2.57. The number of hydrogen-bond acceptors (Lipinski definition) is 5. The molecule has 2 aromatic rings. The van der Waals surface area contributed by atoms with Gasteiger partial charge in [0.1, 0.15) is 0 Å². The summed E-state index contributed by atoms with van der Waals surface area (Å²) in [6, 6.07) is 5.21. The van der Waals surface area contributed by atoms with Gasteiger partial charge in [-0.25, -0.2) is 0 Å². The van der Waals surface area contributed by atoms with Gasteiger partial charge in [0.2, 0.25) is 0 Å². The minimum absolute atomic E-state index is 0.129. The van der Waals surface area contributed by atoms with Gasteiger partial charge in [-0.3, -0.25) is 15.6 Å². The van der Waals surface area contributed by atoms with Crippen LogP contribution < -0.4 is 16.6 Å². The maximum absolute atomic E-state index is 12.1. The summed E-state index contributed by atoms with van der Waals surface area (Å²) in [5, 5.41) is 2.88. The number of hydrazine groups is 1. The van der Waals surface area contributed by atoms with E-state index in [1.165, 1.54) is 17.5 Å². The second kappa shape index (κ2) is 6.01. The first-order valence-corrected chi connectivity index (χ1v) is 6.78. The molecule has 1 amide bonds. The SMILES string of the molecule is CC(NC(=O)c1cnccc1NN)c1ccc(Cl)s1. The van der Waals surface area contributed by atoms with Gasteiger partial charge in [0.15, 0.2) is 0 Å². The highest BCUT2D eigenvalue weighted by atomic mass is 35.5. The average Bonchev–Trinajstić information content (AvgIpc) is 2.85. The van der Waals surface area contributed by atoms with Crippen molar-refractivity contribution in [1.82, 2.24) is 10.3 Å². The summed E-state index contributed by atoms with van der Waals surface area (Å²) in [6.45, 7) is 1.89. The van der Waals surface area contributed by atoms with E-state index in [2.05, 4.69) is 15.7 Å². The van der Waals surface area contributed by atoms with Crippen molar-refractivity contribution < 1.29 is 4.79 Å². The fraction of sp³-hybridized carbons (Fsp3) is 0.167. The molecule has 5 nitrogen and oxygen atoms in total. The van der Waals surface area contributed by atoms with Gasteiger partial charge in [-0.1, -0.05) is 11.6 Å². The minimum Gasteiger partial charge on any atom is -0.345 e. The summed E-state index contributed by atoms with van der Waals surface area (Å²) in [5.41, 5.74) is 3.41. The molecule has 2 rings (SSSR count). The lowest BCUT2D eigenvalue weighted by Crippen LogP contribution is -2.27. The quantitative estimate of drug-likeness (QED) is 0.598. The molecule has 0 spiro atoms. The second-order valence-corrected chi connectivity index (χ2v) is 5.65. The van der Waals surface area contributed by atoms with Crippen molar-refractivity contribution >= 4 is 34.5 Å². The van der Waals surface area contributed by atoms with Gasteiger partial charge in [0.25, 0.3) is 5.91 Å². The van der Waals surface area contributed by atoms with Gasteiger partial charge >= 0.3 is 0 Å². The largest absolute Gasteiger partial charge is 0.345 e. The lowest BCUT2D eigenvalue weighted by molar-refractivity contribution is 0.0941. The number of aromatic nitrogens is 1. The first-order chi connectivity index (χ1) is 9.11. The Morgan fingerprint density at radius 2 is 2.26 bits per heavy atom. The van der Waals surface area contributed by atoms with Crippen LogP contribution in [0.4, 0.5) is 5.69 Å². The standard InChI is InChI=1S/C12H13ClN4OS/c1-7(10-2-3-11(13)19-10)16-12(18)8-6-15-5-4-9(8)17-14/h2-7H,14H2,1H3,(H,15,17)(H,16,18). The average molecular weight is 297 g/mol. The number of nitrogen functional groups attached to an aromatic ring is 1. The fourth-order valence-corrected chi connectivity index (χ4v) is 2.67. The Balaban J connectivity index is 2.12. The third kappa shape index (κ3) is 3.23. The number of thiophene rings is 1. The molecule has 0 fully saturated rings. The third-order valence-corrected chi connectivity index (χ3v) is 4.00. The second-order valence-electron chi connectivity index (χ2n) is 3.90. The van der Waals surface area contributed by atoms with Gasteiger partial charge < -0.3 is 10.7 Å². The molecule has 2 heterocycles. The van der Waals surface area contributed by atoms with Crippen LogP contribution in [0.5, 0.6) is 0 Å². The zero-order valence-corrected chi connectivity index (χ0v) is 11.8. The van der Waals surface area contributed by atoms with Gasteiger partial charge in [0.05, 0.1) is 21.6 Å². The molecule has 0 saturated heterocycles. The van der Waals surface area contributed by atoms with Crippen molar-refractivity contribution in [3.63, 3.8) is 0 Å². The number of nitrogens with two attached hydrogens (primary N) is 1. The number of amides is 1. The van der Waals surface area contributed by atoms with Crippen LogP contribution >= 0.6 is 22.9 Å². The monoisotopic (exact) mass is 296 g/mol. The molecular weight excluding hydrogens is 284 g/mol. The van der Waals surface area contributed by atoms with E-state index in [0.29, 0.717) is 15.6 Å². The highest BCUT2D eigenvalue weighted by molar-refractivity contribution is 7.16. The first kappa shape index (κ1) is 13.8. The van der Waals surface area contributed by atoms with E-state index < -0.39 is 0 Å². The molecule has 1 atom stereocenters. The molecule has 4 N–H and O–H groups in total. The highest BCUT2D eigenvalue weighted by Gasteiger charge is 2.15. The lowest BCUT2D eigenvalue weighted by Gasteiger charge is -2.13.